The van der Waals surface area contributed by atoms with Crippen molar-refractivity contribution in [2.24, 2.45) is 5.41 Å². The standard InChI is InChI=1S/C21H26N6O2/c1-4-10-21(3,5-2)17(28)13-6-8-14(9-7-13)23-11-15-12-24-18-16(25-15)19(29)27-20(22)26-18/h6-9,12,23H,4-5,10-11H2,1-3H3,(H3,22,24,26,27,29). The number of nitrogens with two attached hydrogens (primary N) is 1. The Balaban J connectivity index is 1.71. The van der Waals surface area contributed by atoms with Gasteiger partial charge in [-0.15, -0.1) is 0 Å². The minimum atomic E-state index is -0.421. The summed E-state index contributed by atoms with van der Waals surface area (Å²) in [6, 6.07) is 7.44. The second-order valence-corrected chi connectivity index (χ2v) is 7.41. The summed E-state index contributed by atoms with van der Waals surface area (Å²) >= 11 is 0. The van der Waals surface area contributed by atoms with Gasteiger partial charge in [0.1, 0.15) is 0 Å². The first-order chi connectivity index (χ1) is 13.9. The Morgan fingerprint density at radius 3 is 2.59 bits per heavy atom. The molecule has 29 heavy (non-hydrogen) atoms. The van der Waals surface area contributed by atoms with Crippen LogP contribution in [-0.4, -0.2) is 25.7 Å². The van der Waals surface area contributed by atoms with Crippen LogP contribution in [0.4, 0.5) is 11.6 Å². The lowest BCUT2D eigenvalue weighted by atomic mass is 9.76. The number of fused-ring (bicyclic) bond motifs is 1. The number of hydrogen-bond donors (Lipinski definition) is 3. The normalized spacial score (nSPS) is 13.2. The second kappa shape index (κ2) is 8.38. The van der Waals surface area contributed by atoms with Crippen LogP contribution in [0.25, 0.3) is 11.2 Å². The summed E-state index contributed by atoms with van der Waals surface area (Å²) in [5.41, 5.74) is 7.29. The largest absolute Gasteiger partial charge is 0.379 e. The van der Waals surface area contributed by atoms with E-state index in [1.165, 1.54) is 0 Å². The summed E-state index contributed by atoms with van der Waals surface area (Å²) in [5.74, 6) is 0.190. The SMILES string of the molecule is CCCC(C)(CC)C(=O)c1ccc(NCc2cnc3nc(N)[nH]c(=O)c3n2)cc1. The number of hydrogen-bond acceptors (Lipinski definition) is 7. The number of nitrogens with one attached hydrogen (secondary N) is 2. The van der Waals surface area contributed by atoms with E-state index in [1.807, 2.05) is 31.2 Å². The van der Waals surface area contributed by atoms with E-state index in [-0.39, 0.29) is 28.3 Å². The number of carbonyl (C=O) groups excluding carboxylic acids is 1. The van der Waals surface area contributed by atoms with Gasteiger partial charge in [0.25, 0.3) is 5.56 Å². The van der Waals surface area contributed by atoms with Gasteiger partial charge in [0, 0.05) is 16.7 Å². The van der Waals surface area contributed by atoms with Crippen molar-refractivity contribution in [1.29, 1.82) is 0 Å². The molecule has 0 bridgehead atoms. The van der Waals surface area contributed by atoms with Gasteiger partial charge >= 0.3 is 0 Å². The molecule has 0 radical (unpaired) electrons. The van der Waals surface area contributed by atoms with Gasteiger partial charge in [0.15, 0.2) is 16.9 Å². The molecule has 1 unspecified atom stereocenters. The first kappa shape index (κ1) is 20.4. The molecule has 0 saturated heterocycles. The average molecular weight is 394 g/mol. The monoisotopic (exact) mass is 394 g/mol. The zero-order valence-corrected chi connectivity index (χ0v) is 17.0. The van der Waals surface area contributed by atoms with Crippen LogP contribution >= 0.6 is 0 Å². The van der Waals surface area contributed by atoms with Crippen LogP contribution in [0.15, 0.2) is 35.3 Å². The van der Waals surface area contributed by atoms with Crippen LogP contribution in [0, 0.1) is 5.41 Å². The number of carbonyl (C=O) groups is 1. The van der Waals surface area contributed by atoms with Crippen molar-refractivity contribution in [2.75, 3.05) is 11.1 Å². The molecule has 2 aromatic heterocycles. The minimum Gasteiger partial charge on any atom is -0.379 e. The maximum absolute atomic E-state index is 12.9. The second-order valence-electron chi connectivity index (χ2n) is 7.41. The summed E-state index contributed by atoms with van der Waals surface area (Å²) in [4.78, 5) is 39.6. The zero-order chi connectivity index (χ0) is 21.0. The molecule has 0 spiro atoms. The van der Waals surface area contributed by atoms with Crippen LogP contribution in [0.5, 0.6) is 0 Å². The maximum Gasteiger partial charge on any atom is 0.280 e. The van der Waals surface area contributed by atoms with E-state index < -0.39 is 5.56 Å². The molecule has 152 valence electrons. The van der Waals surface area contributed by atoms with Crippen molar-refractivity contribution in [3.8, 4) is 0 Å². The number of aromatic nitrogens is 4. The maximum atomic E-state index is 12.9. The molecule has 2 heterocycles. The van der Waals surface area contributed by atoms with Gasteiger partial charge in [-0.25, -0.2) is 9.97 Å². The molecule has 8 heteroatoms. The third-order valence-electron chi connectivity index (χ3n) is 5.24. The van der Waals surface area contributed by atoms with Gasteiger partial charge in [-0.2, -0.15) is 4.98 Å². The van der Waals surface area contributed by atoms with Crippen molar-refractivity contribution in [2.45, 2.75) is 46.6 Å². The number of nitrogen functional groups attached to an aromatic ring is 1. The van der Waals surface area contributed by atoms with Crippen molar-refractivity contribution in [1.82, 2.24) is 19.9 Å². The Morgan fingerprint density at radius 1 is 1.21 bits per heavy atom. The predicted octanol–water partition coefficient (Wildman–Crippen LogP) is 3.31. The highest BCUT2D eigenvalue weighted by molar-refractivity contribution is 6.00. The van der Waals surface area contributed by atoms with Gasteiger partial charge in [-0.05, 0) is 37.1 Å². The van der Waals surface area contributed by atoms with Crippen molar-refractivity contribution in [3.63, 3.8) is 0 Å². The Bertz CT molecular complexity index is 1080. The molecule has 8 nitrogen and oxygen atoms in total. The minimum absolute atomic E-state index is 0.00965. The van der Waals surface area contributed by atoms with E-state index in [4.69, 9.17) is 5.73 Å². The van der Waals surface area contributed by atoms with E-state index in [1.54, 1.807) is 6.20 Å². The van der Waals surface area contributed by atoms with Crippen LogP contribution in [0.1, 0.15) is 56.1 Å². The fourth-order valence-corrected chi connectivity index (χ4v) is 3.34. The third kappa shape index (κ3) is 4.42. The summed E-state index contributed by atoms with van der Waals surface area (Å²) < 4.78 is 0. The summed E-state index contributed by atoms with van der Waals surface area (Å²) in [7, 11) is 0. The average Bonchev–Trinajstić information content (AvgIpc) is 2.72. The van der Waals surface area contributed by atoms with E-state index in [9.17, 15) is 9.59 Å². The van der Waals surface area contributed by atoms with Gasteiger partial charge in [-0.1, -0.05) is 27.2 Å². The topological polar surface area (TPSA) is 127 Å². The summed E-state index contributed by atoms with van der Waals surface area (Å²) in [6.07, 6.45) is 4.23. The number of benzene rings is 1. The van der Waals surface area contributed by atoms with Gasteiger partial charge in [0.05, 0.1) is 18.4 Å². The molecule has 4 N–H and O–H groups in total. The number of H-pyrrole nitrogens is 1. The number of rotatable bonds is 8. The van der Waals surface area contributed by atoms with Gasteiger partial charge < -0.3 is 11.1 Å². The number of Topliss-reactive ketones (excluding diaryl/α,β-unsaturated/α-hetero) is 1. The smallest absolute Gasteiger partial charge is 0.280 e. The Kier molecular flexibility index (Phi) is 5.91. The Labute approximate surface area is 169 Å². The highest BCUT2D eigenvalue weighted by Crippen LogP contribution is 2.32. The van der Waals surface area contributed by atoms with Crippen LogP contribution < -0.4 is 16.6 Å². The number of anilines is 2. The predicted molar refractivity (Wildman–Crippen MR) is 114 cm³/mol. The lowest BCUT2D eigenvalue weighted by Gasteiger charge is -2.26. The molecule has 0 amide bonds. The molecule has 0 aliphatic heterocycles. The number of ketones is 1. The molecule has 0 saturated carbocycles. The molecule has 0 fully saturated rings. The molecule has 0 aliphatic carbocycles. The van der Waals surface area contributed by atoms with E-state index in [0.29, 0.717) is 17.8 Å². The van der Waals surface area contributed by atoms with E-state index in [0.717, 1.165) is 24.9 Å². The van der Waals surface area contributed by atoms with Crippen LogP contribution in [0.2, 0.25) is 0 Å². The fraction of sp³-hybridized carbons (Fsp3) is 0.381. The van der Waals surface area contributed by atoms with Crippen molar-refractivity contribution in [3.05, 3.63) is 52.1 Å². The Morgan fingerprint density at radius 2 is 1.93 bits per heavy atom. The molecule has 1 atom stereocenters. The zero-order valence-electron chi connectivity index (χ0n) is 17.0. The van der Waals surface area contributed by atoms with Crippen molar-refractivity contribution < 1.29 is 4.79 Å². The van der Waals surface area contributed by atoms with E-state index >= 15 is 0 Å². The van der Waals surface area contributed by atoms with Gasteiger partial charge in [-0.3, -0.25) is 14.6 Å². The molecule has 3 rings (SSSR count). The Hall–Kier alpha value is -3.29. The molecule has 1 aromatic carbocycles. The molecule has 3 aromatic rings. The molecular formula is C21H26N6O2. The summed E-state index contributed by atoms with van der Waals surface area (Å²) in [6.45, 7) is 6.57. The third-order valence-corrected chi connectivity index (χ3v) is 5.24. The van der Waals surface area contributed by atoms with Crippen LogP contribution in [-0.2, 0) is 6.54 Å². The lowest BCUT2D eigenvalue weighted by molar-refractivity contribution is 0.0794. The highest BCUT2D eigenvalue weighted by Gasteiger charge is 2.30. The number of aromatic amines is 1. The van der Waals surface area contributed by atoms with E-state index in [2.05, 4.69) is 39.1 Å². The lowest BCUT2D eigenvalue weighted by Crippen LogP contribution is -2.27. The molecule has 0 aliphatic rings. The van der Waals surface area contributed by atoms with Crippen LogP contribution in [0.3, 0.4) is 0 Å². The number of nitrogens with zero attached hydrogens (tertiary/aromatic N) is 3. The van der Waals surface area contributed by atoms with Crippen molar-refractivity contribution >= 4 is 28.6 Å². The molecular weight excluding hydrogens is 368 g/mol. The highest BCUT2D eigenvalue weighted by atomic mass is 16.1. The first-order valence-corrected chi connectivity index (χ1v) is 9.76. The fourth-order valence-electron chi connectivity index (χ4n) is 3.34. The summed E-state index contributed by atoms with van der Waals surface area (Å²) in [5, 5.41) is 3.23. The first-order valence-electron chi connectivity index (χ1n) is 9.76. The quantitative estimate of drug-likeness (QED) is 0.500. The van der Waals surface area contributed by atoms with Gasteiger partial charge in [0.2, 0.25) is 5.95 Å².